The maximum Gasteiger partial charge on any atom is 0.244 e. The monoisotopic (exact) mass is 264 g/mol. The highest BCUT2D eigenvalue weighted by molar-refractivity contribution is 5.91. The van der Waals surface area contributed by atoms with Crippen LogP contribution in [0, 0.1) is 13.8 Å². The SMILES string of the molecule is Cc1cc([C@@H](C)C(=O)N[C@H]2CCN(C)C2=O)c(C)o1. The normalized spacial score (nSPS) is 20.7. The summed E-state index contributed by atoms with van der Waals surface area (Å²) in [6.45, 7) is 6.23. The van der Waals surface area contributed by atoms with Gasteiger partial charge in [-0.2, -0.15) is 0 Å². The highest BCUT2D eigenvalue weighted by Gasteiger charge is 2.32. The van der Waals surface area contributed by atoms with Crippen LogP contribution in [0.4, 0.5) is 0 Å². The Hall–Kier alpha value is -1.78. The molecular formula is C14H20N2O3. The molecule has 104 valence electrons. The molecule has 0 aromatic carbocycles. The topological polar surface area (TPSA) is 62.6 Å². The molecule has 19 heavy (non-hydrogen) atoms. The fourth-order valence-electron chi connectivity index (χ4n) is 2.47. The lowest BCUT2D eigenvalue weighted by Gasteiger charge is -2.16. The van der Waals surface area contributed by atoms with Crippen molar-refractivity contribution in [1.29, 1.82) is 0 Å². The molecule has 5 heteroatoms. The third-order valence-corrected chi connectivity index (χ3v) is 3.68. The molecule has 1 aliphatic heterocycles. The Morgan fingerprint density at radius 3 is 2.68 bits per heavy atom. The van der Waals surface area contributed by atoms with E-state index in [0.717, 1.165) is 17.1 Å². The molecule has 2 rings (SSSR count). The van der Waals surface area contributed by atoms with E-state index in [1.54, 1.807) is 11.9 Å². The molecule has 1 aromatic heterocycles. The van der Waals surface area contributed by atoms with Gasteiger partial charge in [-0.1, -0.05) is 0 Å². The summed E-state index contributed by atoms with van der Waals surface area (Å²) < 4.78 is 5.44. The number of rotatable bonds is 3. The van der Waals surface area contributed by atoms with Crippen LogP contribution in [0.5, 0.6) is 0 Å². The van der Waals surface area contributed by atoms with E-state index >= 15 is 0 Å². The summed E-state index contributed by atoms with van der Waals surface area (Å²) >= 11 is 0. The quantitative estimate of drug-likeness (QED) is 0.896. The van der Waals surface area contributed by atoms with Gasteiger partial charge in [-0.05, 0) is 33.3 Å². The lowest BCUT2D eigenvalue weighted by atomic mass is 10.0. The number of hydrogen-bond acceptors (Lipinski definition) is 3. The molecule has 0 saturated carbocycles. The zero-order valence-electron chi connectivity index (χ0n) is 11.8. The number of carbonyl (C=O) groups is 2. The summed E-state index contributed by atoms with van der Waals surface area (Å²) in [4.78, 5) is 25.6. The molecule has 0 radical (unpaired) electrons. The van der Waals surface area contributed by atoms with Gasteiger partial charge in [0.2, 0.25) is 11.8 Å². The van der Waals surface area contributed by atoms with Crippen molar-refractivity contribution in [3.63, 3.8) is 0 Å². The zero-order chi connectivity index (χ0) is 14.2. The van der Waals surface area contributed by atoms with Crippen molar-refractivity contribution in [3.05, 3.63) is 23.2 Å². The molecule has 5 nitrogen and oxygen atoms in total. The van der Waals surface area contributed by atoms with Crippen molar-refractivity contribution < 1.29 is 14.0 Å². The molecule has 0 aliphatic carbocycles. The van der Waals surface area contributed by atoms with Crippen molar-refractivity contribution >= 4 is 11.8 Å². The molecule has 2 amide bonds. The standard InChI is InChI=1S/C14H20N2O3/c1-8-7-11(10(3)19-8)9(2)13(17)15-12-5-6-16(4)14(12)18/h7,9,12H,5-6H2,1-4H3,(H,15,17)/t9-,12+/m1/s1. The number of hydrogen-bond donors (Lipinski definition) is 1. The van der Waals surface area contributed by atoms with Crippen molar-refractivity contribution in [2.75, 3.05) is 13.6 Å². The Morgan fingerprint density at radius 1 is 1.53 bits per heavy atom. The maximum atomic E-state index is 12.2. The van der Waals surface area contributed by atoms with Crippen LogP contribution in [0.3, 0.4) is 0 Å². The van der Waals surface area contributed by atoms with E-state index in [4.69, 9.17) is 4.42 Å². The van der Waals surface area contributed by atoms with E-state index in [1.807, 2.05) is 26.8 Å². The van der Waals surface area contributed by atoms with Gasteiger partial charge in [0.05, 0.1) is 5.92 Å². The van der Waals surface area contributed by atoms with Crippen LogP contribution in [0.1, 0.15) is 36.3 Å². The molecule has 0 spiro atoms. The molecule has 1 N–H and O–H groups in total. The van der Waals surface area contributed by atoms with Gasteiger partial charge >= 0.3 is 0 Å². The number of furan rings is 1. The summed E-state index contributed by atoms with van der Waals surface area (Å²) in [6, 6.07) is 1.50. The van der Waals surface area contributed by atoms with Gasteiger partial charge in [0.15, 0.2) is 0 Å². The van der Waals surface area contributed by atoms with Crippen LogP contribution in [0.15, 0.2) is 10.5 Å². The summed E-state index contributed by atoms with van der Waals surface area (Å²) in [6.07, 6.45) is 0.678. The first kappa shape index (κ1) is 13.6. The van der Waals surface area contributed by atoms with Gasteiger partial charge in [-0.3, -0.25) is 9.59 Å². The van der Waals surface area contributed by atoms with Gasteiger partial charge in [0.1, 0.15) is 17.6 Å². The van der Waals surface area contributed by atoms with E-state index in [2.05, 4.69) is 5.32 Å². The lowest BCUT2D eigenvalue weighted by molar-refractivity contribution is -0.132. The maximum absolute atomic E-state index is 12.2. The Balaban J connectivity index is 2.04. The first-order valence-electron chi connectivity index (χ1n) is 6.52. The number of aryl methyl sites for hydroxylation is 2. The Bertz CT molecular complexity index is 507. The largest absolute Gasteiger partial charge is 0.466 e. The molecule has 1 saturated heterocycles. The second-order valence-corrected chi connectivity index (χ2v) is 5.20. The first-order chi connectivity index (χ1) is 8.90. The van der Waals surface area contributed by atoms with Crippen molar-refractivity contribution in [2.24, 2.45) is 0 Å². The van der Waals surface area contributed by atoms with Crippen LogP contribution in [0.2, 0.25) is 0 Å². The lowest BCUT2D eigenvalue weighted by Crippen LogP contribution is -2.42. The van der Waals surface area contributed by atoms with Gasteiger partial charge < -0.3 is 14.6 Å². The second-order valence-electron chi connectivity index (χ2n) is 5.20. The smallest absolute Gasteiger partial charge is 0.244 e. The minimum absolute atomic E-state index is 0.0133. The number of likely N-dealkylation sites (tertiary alicyclic amines) is 1. The van der Waals surface area contributed by atoms with Crippen LogP contribution in [0.25, 0.3) is 0 Å². The van der Waals surface area contributed by atoms with Gasteiger partial charge in [-0.15, -0.1) is 0 Å². The Labute approximate surface area is 113 Å². The van der Waals surface area contributed by atoms with Crippen LogP contribution in [-0.4, -0.2) is 36.3 Å². The minimum Gasteiger partial charge on any atom is -0.466 e. The summed E-state index contributed by atoms with van der Waals surface area (Å²) in [5.74, 6) is 1.10. The summed E-state index contributed by atoms with van der Waals surface area (Å²) in [5, 5.41) is 2.82. The number of nitrogens with zero attached hydrogens (tertiary/aromatic N) is 1. The van der Waals surface area contributed by atoms with Crippen molar-refractivity contribution in [2.45, 2.75) is 39.2 Å². The van der Waals surface area contributed by atoms with E-state index in [0.29, 0.717) is 13.0 Å². The van der Waals surface area contributed by atoms with E-state index in [9.17, 15) is 9.59 Å². The third-order valence-electron chi connectivity index (χ3n) is 3.68. The van der Waals surface area contributed by atoms with Gasteiger partial charge in [0.25, 0.3) is 0 Å². The average Bonchev–Trinajstić information content (AvgIpc) is 2.84. The summed E-state index contributed by atoms with van der Waals surface area (Å²) in [7, 11) is 1.75. The van der Waals surface area contributed by atoms with E-state index in [1.165, 1.54) is 0 Å². The van der Waals surface area contributed by atoms with Crippen LogP contribution >= 0.6 is 0 Å². The molecule has 0 bridgehead atoms. The highest BCUT2D eigenvalue weighted by atomic mass is 16.3. The van der Waals surface area contributed by atoms with Gasteiger partial charge in [0, 0.05) is 19.2 Å². The van der Waals surface area contributed by atoms with Crippen molar-refractivity contribution in [3.8, 4) is 0 Å². The zero-order valence-corrected chi connectivity index (χ0v) is 11.8. The molecule has 1 aromatic rings. The second kappa shape index (κ2) is 5.07. The number of nitrogens with one attached hydrogen (secondary N) is 1. The number of carbonyl (C=O) groups excluding carboxylic acids is 2. The fraction of sp³-hybridized carbons (Fsp3) is 0.571. The van der Waals surface area contributed by atoms with E-state index in [-0.39, 0.29) is 23.8 Å². The molecule has 1 aliphatic rings. The van der Waals surface area contributed by atoms with Crippen LogP contribution in [-0.2, 0) is 9.59 Å². The molecule has 2 atom stereocenters. The summed E-state index contributed by atoms with van der Waals surface area (Å²) in [5.41, 5.74) is 0.883. The fourth-order valence-corrected chi connectivity index (χ4v) is 2.47. The highest BCUT2D eigenvalue weighted by Crippen LogP contribution is 2.23. The molecular weight excluding hydrogens is 244 g/mol. The molecule has 1 fully saturated rings. The third kappa shape index (κ3) is 2.64. The number of likely N-dealkylation sites (N-methyl/N-ethyl adjacent to an activating group) is 1. The molecule has 0 unspecified atom stereocenters. The Morgan fingerprint density at radius 2 is 2.21 bits per heavy atom. The predicted octanol–water partition coefficient (Wildman–Crippen LogP) is 1.35. The predicted molar refractivity (Wildman–Crippen MR) is 70.8 cm³/mol. The van der Waals surface area contributed by atoms with Crippen LogP contribution < -0.4 is 5.32 Å². The number of amides is 2. The first-order valence-corrected chi connectivity index (χ1v) is 6.52. The van der Waals surface area contributed by atoms with E-state index < -0.39 is 0 Å². The molecule has 2 heterocycles. The van der Waals surface area contributed by atoms with Crippen molar-refractivity contribution in [1.82, 2.24) is 10.2 Å². The Kier molecular flexibility index (Phi) is 3.64. The minimum atomic E-state index is -0.381. The van der Waals surface area contributed by atoms with Gasteiger partial charge in [-0.25, -0.2) is 0 Å². The average molecular weight is 264 g/mol.